The number of thiophene rings is 1. The van der Waals surface area contributed by atoms with Crippen molar-refractivity contribution >= 4 is 27.5 Å². The third kappa shape index (κ3) is 4.27. The number of fused-ring (bicyclic) bond motifs is 1. The quantitative estimate of drug-likeness (QED) is 0.614. The second kappa shape index (κ2) is 8.86. The summed E-state index contributed by atoms with van der Waals surface area (Å²) in [5, 5.41) is 2.06. The molecule has 1 aliphatic rings. The summed E-state index contributed by atoms with van der Waals surface area (Å²) in [5.41, 5.74) is 2.92. The molecule has 28 heavy (non-hydrogen) atoms. The summed E-state index contributed by atoms with van der Waals surface area (Å²) < 4.78 is 8.58. The van der Waals surface area contributed by atoms with Crippen molar-refractivity contribution < 1.29 is 9.53 Å². The number of hydrogen-bond acceptors (Lipinski definition) is 5. The van der Waals surface area contributed by atoms with Crippen LogP contribution in [0.25, 0.3) is 10.2 Å². The van der Waals surface area contributed by atoms with Crippen molar-refractivity contribution in [2.24, 2.45) is 7.05 Å². The topological polar surface area (TPSA) is 50.6 Å². The molecule has 0 bridgehead atoms. The van der Waals surface area contributed by atoms with Crippen molar-refractivity contribution in [3.63, 3.8) is 0 Å². The Morgan fingerprint density at radius 1 is 1.32 bits per heavy atom. The van der Waals surface area contributed by atoms with Crippen LogP contribution in [-0.2, 0) is 18.3 Å². The average Bonchev–Trinajstić information content (AvgIpc) is 3.31. The van der Waals surface area contributed by atoms with E-state index in [2.05, 4.69) is 21.3 Å². The Balaban J connectivity index is 1.48. The summed E-state index contributed by atoms with van der Waals surface area (Å²) in [6.45, 7) is 5.85. The van der Waals surface area contributed by atoms with E-state index in [1.165, 1.54) is 0 Å². The fourth-order valence-electron chi connectivity index (χ4n) is 3.69. The van der Waals surface area contributed by atoms with Gasteiger partial charge in [-0.2, -0.15) is 0 Å². The molecule has 1 fully saturated rings. The van der Waals surface area contributed by atoms with Gasteiger partial charge in [-0.15, -0.1) is 11.3 Å². The van der Waals surface area contributed by atoms with E-state index in [4.69, 9.17) is 4.74 Å². The molecule has 1 saturated heterocycles. The standard InChI is InChI=1S/C21H26N4O2S/c1-23-18-5-13-28-20(18)14-19(23)21(26)25(16-17-4-2-6-22-15-17)8-3-7-24-9-11-27-12-10-24/h2,4-6,13-15H,3,7-12,16H2,1H3. The largest absolute Gasteiger partial charge is 0.379 e. The molecule has 0 aliphatic carbocycles. The molecule has 0 spiro atoms. The molecule has 0 atom stereocenters. The first-order chi connectivity index (χ1) is 13.7. The van der Waals surface area contributed by atoms with Crippen LogP contribution in [0, 0.1) is 0 Å². The van der Waals surface area contributed by atoms with Gasteiger partial charge in [0, 0.05) is 52.2 Å². The van der Waals surface area contributed by atoms with E-state index < -0.39 is 0 Å². The number of pyridine rings is 1. The Bertz CT molecular complexity index is 915. The van der Waals surface area contributed by atoms with Crippen molar-refractivity contribution in [2.75, 3.05) is 39.4 Å². The van der Waals surface area contributed by atoms with Crippen LogP contribution in [0.2, 0.25) is 0 Å². The zero-order valence-electron chi connectivity index (χ0n) is 16.2. The first kappa shape index (κ1) is 19.1. The van der Waals surface area contributed by atoms with Gasteiger partial charge in [0.2, 0.25) is 0 Å². The zero-order valence-corrected chi connectivity index (χ0v) is 17.0. The smallest absolute Gasteiger partial charge is 0.270 e. The summed E-state index contributed by atoms with van der Waals surface area (Å²) >= 11 is 1.67. The summed E-state index contributed by atoms with van der Waals surface area (Å²) in [6.07, 6.45) is 4.55. The van der Waals surface area contributed by atoms with Gasteiger partial charge < -0.3 is 14.2 Å². The Morgan fingerprint density at radius 3 is 2.93 bits per heavy atom. The van der Waals surface area contributed by atoms with Crippen LogP contribution in [-0.4, -0.2) is 64.7 Å². The van der Waals surface area contributed by atoms with Gasteiger partial charge in [0.25, 0.3) is 5.91 Å². The monoisotopic (exact) mass is 398 g/mol. The van der Waals surface area contributed by atoms with Crippen LogP contribution >= 0.6 is 11.3 Å². The molecule has 1 aliphatic heterocycles. The van der Waals surface area contributed by atoms with Gasteiger partial charge in [-0.1, -0.05) is 6.07 Å². The van der Waals surface area contributed by atoms with E-state index in [0.717, 1.165) is 67.3 Å². The molecule has 3 aromatic heterocycles. The predicted octanol–water partition coefficient (Wildman–Crippen LogP) is 3.00. The highest BCUT2D eigenvalue weighted by molar-refractivity contribution is 7.17. The third-order valence-corrected chi connectivity index (χ3v) is 6.13. The minimum absolute atomic E-state index is 0.0803. The van der Waals surface area contributed by atoms with Crippen LogP contribution in [0.5, 0.6) is 0 Å². The van der Waals surface area contributed by atoms with Gasteiger partial charge in [0.05, 0.1) is 23.4 Å². The van der Waals surface area contributed by atoms with Gasteiger partial charge in [-0.05, 0) is 35.6 Å². The predicted molar refractivity (Wildman–Crippen MR) is 112 cm³/mol. The van der Waals surface area contributed by atoms with Crippen LogP contribution in [0.15, 0.2) is 42.0 Å². The highest BCUT2D eigenvalue weighted by Crippen LogP contribution is 2.25. The summed E-state index contributed by atoms with van der Waals surface area (Å²) in [5.74, 6) is 0.0803. The van der Waals surface area contributed by atoms with E-state index >= 15 is 0 Å². The van der Waals surface area contributed by atoms with Crippen molar-refractivity contribution in [1.29, 1.82) is 0 Å². The number of hydrogen-bond donors (Lipinski definition) is 0. The number of aromatic nitrogens is 2. The average molecular weight is 399 g/mol. The molecule has 0 radical (unpaired) electrons. The number of amides is 1. The summed E-state index contributed by atoms with van der Waals surface area (Å²) in [7, 11) is 1.97. The zero-order chi connectivity index (χ0) is 19.3. The lowest BCUT2D eigenvalue weighted by molar-refractivity contribution is 0.0355. The molecule has 4 rings (SSSR count). The van der Waals surface area contributed by atoms with E-state index in [9.17, 15) is 4.79 Å². The Hall–Kier alpha value is -2.22. The Kier molecular flexibility index (Phi) is 6.04. The maximum Gasteiger partial charge on any atom is 0.270 e. The first-order valence-electron chi connectivity index (χ1n) is 9.73. The number of carbonyl (C=O) groups excluding carboxylic acids is 1. The van der Waals surface area contributed by atoms with Gasteiger partial charge >= 0.3 is 0 Å². The fraction of sp³-hybridized carbons (Fsp3) is 0.429. The van der Waals surface area contributed by atoms with E-state index in [1.807, 2.05) is 40.9 Å². The molecule has 0 aromatic carbocycles. The minimum atomic E-state index is 0.0803. The SMILES string of the molecule is Cn1c(C(=O)N(CCCN2CCOCC2)Cc2cccnc2)cc2sccc21. The second-order valence-electron chi connectivity index (χ2n) is 7.15. The van der Waals surface area contributed by atoms with E-state index in [-0.39, 0.29) is 5.91 Å². The molecule has 148 valence electrons. The molecule has 0 N–H and O–H groups in total. The molecule has 0 unspecified atom stereocenters. The Morgan fingerprint density at radius 2 is 2.18 bits per heavy atom. The van der Waals surface area contributed by atoms with Gasteiger partial charge in [-0.25, -0.2) is 0 Å². The highest BCUT2D eigenvalue weighted by Gasteiger charge is 2.21. The van der Waals surface area contributed by atoms with Crippen LogP contribution in [0.1, 0.15) is 22.5 Å². The van der Waals surface area contributed by atoms with Crippen LogP contribution in [0.4, 0.5) is 0 Å². The number of rotatable bonds is 7. The summed E-state index contributed by atoms with van der Waals surface area (Å²) in [6, 6.07) is 8.03. The highest BCUT2D eigenvalue weighted by atomic mass is 32.1. The molecular formula is C21H26N4O2S. The Labute approximate surface area is 169 Å². The van der Waals surface area contributed by atoms with Crippen molar-refractivity contribution in [3.8, 4) is 0 Å². The van der Waals surface area contributed by atoms with Crippen LogP contribution < -0.4 is 0 Å². The van der Waals surface area contributed by atoms with Crippen molar-refractivity contribution in [1.82, 2.24) is 19.4 Å². The maximum absolute atomic E-state index is 13.4. The van der Waals surface area contributed by atoms with Gasteiger partial charge in [0.15, 0.2) is 0 Å². The number of morpholine rings is 1. The molecule has 3 aromatic rings. The fourth-order valence-corrected chi connectivity index (χ4v) is 4.54. The maximum atomic E-state index is 13.4. The lowest BCUT2D eigenvalue weighted by atomic mass is 10.2. The molecule has 0 saturated carbocycles. The normalized spacial score (nSPS) is 15.2. The number of carbonyl (C=O) groups is 1. The minimum Gasteiger partial charge on any atom is -0.379 e. The lowest BCUT2D eigenvalue weighted by Crippen LogP contribution is -2.39. The number of aryl methyl sites for hydroxylation is 1. The molecule has 6 nitrogen and oxygen atoms in total. The number of ether oxygens (including phenoxy) is 1. The molecule has 4 heterocycles. The molecule has 1 amide bonds. The summed E-state index contributed by atoms with van der Waals surface area (Å²) in [4.78, 5) is 21.9. The van der Waals surface area contributed by atoms with Gasteiger partial charge in [0.1, 0.15) is 5.69 Å². The van der Waals surface area contributed by atoms with Gasteiger partial charge in [-0.3, -0.25) is 14.7 Å². The van der Waals surface area contributed by atoms with E-state index in [0.29, 0.717) is 6.54 Å². The van der Waals surface area contributed by atoms with Crippen LogP contribution in [0.3, 0.4) is 0 Å². The van der Waals surface area contributed by atoms with E-state index in [1.54, 1.807) is 17.5 Å². The van der Waals surface area contributed by atoms with Crippen molar-refractivity contribution in [2.45, 2.75) is 13.0 Å². The molecule has 7 heteroatoms. The molecular weight excluding hydrogens is 372 g/mol. The lowest BCUT2D eigenvalue weighted by Gasteiger charge is -2.28. The van der Waals surface area contributed by atoms with Crippen molar-refractivity contribution in [3.05, 3.63) is 53.3 Å². The first-order valence-corrected chi connectivity index (χ1v) is 10.6. The number of nitrogens with zero attached hydrogens (tertiary/aromatic N) is 4. The third-order valence-electron chi connectivity index (χ3n) is 5.27. The second-order valence-corrected chi connectivity index (χ2v) is 8.10.